The molecule has 3 rings (SSSR count). The van der Waals surface area contributed by atoms with E-state index in [2.05, 4.69) is 15.6 Å². The molecule has 6 heteroatoms. The number of aromatic nitrogens is 1. The summed E-state index contributed by atoms with van der Waals surface area (Å²) in [5, 5.41) is 6.14. The number of ether oxygens (including phenoxy) is 1. The molecular weight excluding hydrogens is 309 g/mol. The lowest BCUT2D eigenvalue weighted by molar-refractivity contribution is -0.116. The number of anilines is 1. The first kappa shape index (κ1) is 16.4. The van der Waals surface area contributed by atoms with E-state index in [0.29, 0.717) is 29.7 Å². The third-order valence-corrected chi connectivity index (χ3v) is 4.00. The average Bonchev–Trinajstić information content (AvgIpc) is 3.10. The zero-order valence-corrected chi connectivity index (χ0v) is 13.3. The van der Waals surface area contributed by atoms with E-state index in [1.165, 1.54) is 24.3 Å². The van der Waals surface area contributed by atoms with Crippen molar-refractivity contribution in [3.05, 3.63) is 48.4 Å². The zero-order valence-electron chi connectivity index (χ0n) is 13.3. The lowest BCUT2D eigenvalue weighted by Crippen LogP contribution is -2.15. The summed E-state index contributed by atoms with van der Waals surface area (Å²) < 4.78 is 18.4. The van der Waals surface area contributed by atoms with Gasteiger partial charge in [0.1, 0.15) is 11.6 Å². The first-order chi connectivity index (χ1) is 11.7. The van der Waals surface area contributed by atoms with Gasteiger partial charge in [-0.3, -0.25) is 4.79 Å². The molecular formula is C18H20FN3O2. The normalized spacial score (nSPS) is 16.8. The number of carbonyl (C=O) groups is 1. The van der Waals surface area contributed by atoms with E-state index < -0.39 is 0 Å². The highest BCUT2D eigenvalue weighted by Crippen LogP contribution is 2.21. The summed E-state index contributed by atoms with van der Waals surface area (Å²) in [6, 6.07) is 9.11. The van der Waals surface area contributed by atoms with Crippen LogP contribution in [-0.4, -0.2) is 24.0 Å². The first-order valence-corrected chi connectivity index (χ1v) is 8.09. The molecule has 1 fully saturated rings. The smallest absolute Gasteiger partial charge is 0.224 e. The predicted octanol–water partition coefficient (Wildman–Crippen LogP) is 3.34. The van der Waals surface area contributed by atoms with Crippen molar-refractivity contribution in [3.8, 4) is 11.6 Å². The Morgan fingerprint density at radius 1 is 1.29 bits per heavy atom. The summed E-state index contributed by atoms with van der Waals surface area (Å²) in [6.07, 6.45) is 4.11. The maximum Gasteiger partial charge on any atom is 0.224 e. The maximum absolute atomic E-state index is 12.8. The van der Waals surface area contributed by atoms with Gasteiger partial charge >= 0.3 is 0 Å². The van der Waals surface area contributed by atoms with Gasteiger partial charge in [0.15, 0.2) is 0 Å². The third-order valence-electron chi connectivity index (χ3n) is 4.00. The van der Waals surface area contributed by atoms with Gasteiger partial charge in [0, 0.05) is 12.5 Å². The van der Waals surface area contributed by atoms with Gasteiger partial charge in [0.05, 0.1) is 11.9 Å². The van der Waals surface area contributed by atoms with Crippen molar-refractivity contribution in [1.29, 1.82) is 0 Å². The molecule has 1 aliphatic heterocycles. The molecule has 0 radical (unpaired) electrons. The second kappa shape index (κ2) is 7.88. The van der Waals surface area contributed by atoms with Crippen LogP contribution in [0, 0.1) is 11.7 Å². The number of benzene rings is 1. The van der Waals surface area contributed by atoms with E-state index in [9.17, 15) is 9.18 Å². The van der Waals surface area contributed by atoms with Crippen LogP contribution in [0.2, 0.25) is 0 Å². The number of amides is 1. The monoisotopic (exact) mass is 329 g/mol. The highest BCUT2D eigenvalue weighted by atomic mass is 19.1. The summed E-state index contributed by atoms with van der Waals surface area (Å²) in [5.41, 5.74) is 0.635. The SMILES string of the molecule is O=C(CCC1CCNC1)Nc1ccc(Oc2ccc(F)cc2)nc1. The summed E-state index contributed by atoms with van der Waals surface area (Å²) in [7, 11) is 0. The molecule has 0 aliphatic carbocycles. The van der Waals surface area contributed by atoms with E-state index in [0.717, 1.165) is 25.9 Å². The van der Waals surface area contributed by atoms with Gasteiger partial charge in [-0.15, -0.1) is 0 Å². The van der Waals surface area contributed by atoms with Crippen LogP contribution in [0.1, 0.15) is 19.3 Å². The van der Waals surface area contributed by atoms with Crippen molar-refractivity contribution in [1.82, 2.24) is 10.3 Å². The van der Waals surface area contributed by atoms with Crippen molar-refractivity contribution >= 4 is 11.6 Å². The number of pyridine rings is 1. The number of carbonyl (C=O) groups excluding carboxylic acids is 1. The highest BCUT2D eigenvalue weighted by Gasteiger charge is 2.15. The van der Waals surface area contributed by atoms with Crippen LogP contribution in [0.3, 0.4) is 0 Å². The molecule has 1 aromatic carbocycles. The molecule has 1 unspecified atom stereocenters. The van der Waals surface area contributed by atoms with Crippen molar-refractivity contribution in [3.63, 3.8) is 0 Å². The number of hydrogen-bond donors (Lipinski definition) is 2. The molecule has 1 atom stereocenters. The molecule has 1 aliphatic rings. The molecule has 126 valence electrons. The lowest BCUT2D eigenvalue weighted by Gasteiger charge is -2.09. The largest absolute Gasteiger partial charge is 0.439 e. The van der Waals surface area contributed by atoms with Gasteiger partial charge in [-0.1, -0.05) is 0 Å². The van der Waals surface area contributed by atoms with Crippen molar-refractivity contribution in [2.45, 2.75) is 19.3 Å². The maximum atomic E-state index is 12.8. The Balaban J connectivity index is 1.48. The van der Waals surface area contributed by atoms with E-state index in [-0.39, 0.29) is 11.7 Å². The molecule has 2 heterocycles. The molecule has 5 nitrogen and oxygen atoms in total. The summed E-state index contributed by atoms with van der Waals surface area (Å²) in [5.74, 6) is 1.17. The van der Waals surface area contributed by atoms with Crippen LogP contribution in [0.25, 0.3) is 0 Å². The highest BCUT2D eigenvalue weighted by molar-refractivity contribution is 5.90. The Bertz CT molecular complexity index is 668. The fourth-order valence-corrected chi connectivity index (χ4v) is 2.66. The third kappa shape index (κ3) is 4.76. The minimum Gasteiger partial charge on any atom is -0.439 e. The van der Waals surface area contributed by atoms with Crippen LogP contribution < -0.4 is 15.4 Å². The summed E-state index contributed by atoms with van der Waals surface area (Å²) in [4.78, 5) is 16.1. The molecule has 1 saturated heterocycles. The number of nitrogens with one attached hydrogen (secondary N) is 2. The summed E-state index contributed by atoms with van der Waals surface area (Å²) >= 11 is 0. The van der Waals surface area contributed by atoms with Crippen LogP contribution in [0.5, 0.6) is 11.6 Å². The standard InChI is InChI=1S/C18H20FN3O2/c19-14-2-5-16(6-3-14)24-18-8-4-15(12-21-18)22-17(23)7-1-13-9-10-20-11-13/h2-6,8,12-13,20H,1,7,9-11H2,(H,22,23). The average molecular weight is 329 g/mol. The van der Waals surface area contributed by atoms with E-state index in [4.69, 9.17) is 4.74 Å². The molecule has 2 aromatic rings. The van der Waals surface area contributed by atoms with E-state index >= 15 is 0 Å². The van der Waals surface area contributed by atoms with Gasteiger partial charge in [-0.25, -0.2) is 9.37 Å². The second-order valence-corrected chi connectivity index (χ2v) is 5.89. The quantitative estimate of drug-likeness (QED) is 0.853. The first-order valence-electron chi connectivity index (χ1n) is 8.09. The molecule has 1 aromatic heterocycles. The second-order valence-electron chi connectivity index (χ2n) is 5.89. The summed E-state index contributed by atoms with van der Waals surface area (Å²) in [6.45, 7) is 2.05. The van der Waals surface area contributed by atoms with Crippen LogP contribution in [0.15, 0.2) is 42.6 Å². The Morgan fingerprint density at radius 3 is 2.79 bits per heavy atom. The zero-order chi connectivity index (χ0) is 16.8. The van der Waals surface area contributed by atoms with Crippen LogP contribution in [0.4, 0.5) is 10.1 Å². The topological polar surface area (TPSA) is 63.2 Å². The van der Waals surface area contributed by atoms with Gasteiger partial charge in [0.2, 0.25) is 11.8 Å². The lowest BCUT2D eigenvalue weighted by atomic mass is 10.0. The molecule has 1 amide bonds. The van der Waals surface area contributed by atoms with Crippen molar-refractivity contribution < 1.29 is 13.9 Å². The Morgan fingerprint density at radius 2 is 2.12 bits per heavy atom. The molecule has 2 N–H and O–H groups in total. The van der Waals surface area contributed by atoms with Crippen molar-refractivity contribution in [2.75, 3.05) is 18.4 Å². The van der Waals surface area contributed by atoms with Crippen LogP contribution >= 0.6 is 0 Å². The Hall–Kier alpha value is -2.47. The number of rotatable bonds is 6. The molecule has 24 heavy (non-hydrogen) atoms. The predicted molar refractivity (Wildman–Crippen MR) is 89.6 cm³/mol. The van der Waals surface area contributed by atoms with Crippen molar-refractivity contribution in [2.24, 2.45) is 5.92 Å². The minimum atomic E-state index is -0.318. The minimum absolute atomic E-state index is 0.00379. The molecule has 0 spiro atoms. The fraction of sp³-hybridized carbons (Fsp3) is 0.333. The number of hydrogen-bond acceptors (Lipinski definition) is 4. The fourth-order valence-electron chi connectivity index (χ4n) is 2.66. The Kier molecular flexibility index (Phi) is 5.38. The van der Waals surface area contributed by atoms with Crippen LogP contribution in [-0.2, 0) is 4.79 Å². The van der Waals surface area contributed by atoms with Gasteiger partial charge in [0.25, 0.3) is 0 Å². The Labute approximate surface area is 140 Å². The number of halogens is 1. The molecule has 0 bridgehead atoms. The number of nitrogens with zero attached hydrogens (tertiary/aromatic N) is 1. The molecule has 0 saturated carbocycles. The van der Waals surface area contributed by atoms with Gasteiger partial charge in [-0.2, -0.15) is 0 Å². The van der Waals surface area contributed by atoms with Gasteiger partial charge in [-0.05, 0) is 62.2 Å². The van der Waals surface area contributed by atoms with E-state index in [1.807, 2.05) is 0 Å². The van der Waals surface area contributed by atoms with Gasteiger partial charge < -0.3 is 15.4 Å². The van der Waals surface area contributed by atoms with E-state index in [1.54, 1.807) is 18.3 Å².